The Labute approximate surface area is 157 Å². The second kappa shape index (κ2) is 7.42. The Morgan fingerprint density at radius 1 is 1.52 bits per heavy atom. The fourth-order valence-electron chi connectivity index (χ4n) is 2.37. The van der Waals surface area contributed by atoms with Crippen molar-refractivity contribution in [2.75, 3.05) is 7.05 Å². The molecule has 0 spiro atoms. The van der Waals surface area contributed by atoms with Crippen molar-refractivity contribution in [3.05, 3.63) is 55.7 Å². The Morgan fingerprint density at radius 2 is 2.32 bits per heavy atom. The number of amides is 1. The van der Waals surface area contributed by atoms with E-state index < -0.39 is 0 Å². The van der Waals surface area contributed by atoms with Crippen molar-refractivity contribution in [2.24, 2.45) is 0 Å². The number of thiazole rings is 1. The number of aromatic nitrogens is 3. The summed E-state index contributed by atoms with van der Waals surface area (Å²) in [5.74, 6) is -0.147. The number of hydrogen-bond acceptors (Lipinski definition) is 6. The van der Waals surface area contributed by atoms with E-state index in [9.17, 15) is 9.59 Å². The number of thiophene rings is 1. The standard InChI is InChI=1S/C16H16N4O2S3/c1-3-6-20-14-13(25-16(20)23)15(22)19(10-17-14)9-12(21)18(2)8-11-5-4-7-24-11/h3-5,7,10H,1,6,8-9H2,2H3. The van der Waals surface area contributed by atoms with Gasteiger partial charge < -0.3 is 9.47 Å². The van der Waals surface area contributed by atoms with Gasteiger partial charge in [0.25, 0.3) is 5.56 Å². The quantitative estimate of drug-likeness (QED) is 0.478. The van der Waals surface area contributed by atoms with E-state index in [1.165, 1.54) is 22.2 Å². The van der Waals surface area contributed by atoms with Crippen LogP contribution in [0.5, 0.6) is 0 Å². The number of allylic oxidation sites excluding steroid dienone is 1. The molecule has 9 heteroatoms. The molecule has 0 aliphatic heterocycles. The third kappa shape index (κ3) is 3.63. The van der Waals surface area contributed by atoms with Crippen molar-refractivity contribution in [1.82, 2.24) is 19.0 Å². The highest BCUT2D eigenvalue weighted by Gasteiger charge is 2.15. The van der Waals surface area contributed by atoms with Gasteiger partial charge in [-0.05, 0) is 23.7 Å². The summed E-state index contributed by atoms with van der Waals surface area (Å²) in [6.07, 6.45) is 3.11. The summed E-state index contributed by atoms with van der Waals surface area (Å²) >= 11 is 8.09. The fourth-order valence-corrected chi connectivity index (χ4v) is 4.44. The van der Waals surface area contributed by atoms with E-state index in [1.807, 2.05) is 17.5 Å². The molecule has 0 saturated heterocycles. The summed E-state index contributed by atoms with van der Waals surface area (Å²) in [6.45, 7) is 4.67. The van der Waals surface area contributed by atoms with Crippen LogP contribution in [0.1, 0.15) is 4.88 Å². The van der Waals surface area contributed by atoms with Gasteiger partial charge in [-0.1, -0.05) is 23.5 Å². The van der Waals surface area contributed by atoms with Crippen LogP contribution in [-0.4, -0.2) is 32.0 Å². The zero-order chi connectivity index (χ0) is 18.0. The van der Waals surface area contributed by atoms with Gasteiger partial charge in [-0.3, -0.25) is 14.2 Å². The SMILES string of the molecule is C=CCn1c(=S)sc2c(=O)n(CC(=O)N(C)Cc3cccs3)cnc21. The molecule has 0 bridgehead atoms. The van der Waals surface area contributed by atoms with Gasteiger partial charge in [0.05, 0.1) is 6.54 Å². The maximum absolute atomic E-state index is 12.7. The van der Waals surface area contributed by atoms with Gasteiger partial charge in [-0.15, -0.1) is 17.9 Å². The first kappa shape index (κ1) is 17.7. The molecule has 0 N–H and O–H groups in total. The molecular weight excluding hydrogens is 376 g/mol. The van der Waals surface area contributed by atoms with Gasteiger partial charge in [0, 0.05) is 18.5 Å². The van der Waals surface area contributed by atoms with E-state index in [4.69, 9.17) is 12.2 Å². The topological polar surface area (TPSA) is 60.1 Å². The molecule has 0 aliphatic rings. The smallest absolute Gasteiger partial charge is 0.273 e. The van der Waals surface area contributed by atoms with Gasteiger partial charge in [0.15, 0.2) is 9.60 Å². The maximum Gasteiger partial charge on any atom is 0.273 e. The van der Waals surface area contributed by atoms with Crippen LogP contribution in [0.2, 0.25) is 0 Å². The van der Waals surface area contributed by atoms with Crippen molar-refractivity contribution in [1.29, 1.82) is 0 Å². The first-order valence-corrected chi connectivity index (χ1v) is 9.57. The summed E-state index contributed by atoms with van der Waals surface area (Å²) in [7, 11) is 1.73. The predicted octanol–water partition coefficient (Wildman–Crippen LogP) is 2.90. The second-order valence-corrected chi connectivity index (χ2v) is 8.10. The number of hydrogen-bond donors (Lipinski definition) is 0. The Morgan fingerprint density at radius 3 is 3.00 bits per heavy atom. The number of carbonyl (C=O) groups excluding carboxylic acids is 1. The van der Waals surface area contributed by atoms with Gasteiger partial charge in [0.2, 0.25) is 5.91 Å². The first-order valence-electron chi connectivity index (χ1n) is 7.47. The zero-order valence-corrected chi connectivity index (χ0v) is 16.0. The summed E-state index contributed by atoms with van der Waals surface area (Å²) in [4.78, 5) is 32.1. The molecule has 3 aromatic heterocycles. The van der Waals surface area contributed by atoms with Gasteiger partial charge in [-0.2, -0.15) is 0 Å². The monoisotopic (exact) mass is 392 g/mol. The third-order valence-corrected chi connectivity index (χ3v) is 5.95. The second-order valence-electron chi connectivity index (χ2n) is 5.43. The molecular formula is C16H16N4O2S3. The average molecular weight is 393 g/mol. The van der Waals surface area contributed by atoms with Crippen molar-refractivity contribution in [3.63, 3.8) is 0 Å². The number of likely N-dealkylation sites (N-methyl/N-ethyl adjacent to an activating group) is 1. The normalized spacial score (nSPS) is 10.9. The summed E-state index contributed by atoms with van der Waals surface area (Å²) < 4.78 is 4.12. The highest BCUT2D eigenvalue weighted by atomic mass is 32.1. The van der Waals surface area contributed by atoms with Crippen LogP contribution >= 0.6 is 34.9 Å². The maximum atomic E-state index is 12.7. The minimum Gasteiger partial charge on any atom is -0.339 e. The van der Waals surface area contributed by atoms with E-state index in [0.717, 1.165) is 4.88 Å². The van der Waals surface area contributed by atoms with Gasteiger partial charge in [0.1, 0.15) is 17.6 Å². The minimum atomic E-state index is -0.248. The summed E-state index contributed by atoms with van der Waals surface area (Å²) in [6, 6.07) is 3.92. The number of carbonyl (C=O) groups is 1. The van der Waals surface area contributed by atoms with E-state index in [0.29, 0.717) is 27.4 Å². The average Bonchev–Trinajstić information content (AvgIpc) is 3.19. The molecule has 3 heterocycles. The van der Waals surface area contributed by atoms with Crippen LogP contribution in [0.15, 0.2) is 41.3 Å². The van der Waals surface area contributed by atoms with E-state index in [2.05, 4.69) is 11.6 Å². The number of rotatable bonds is 6. The largest absolute Gasteiger partial charge is 0.339 e. The third-order valence-electron chi connectivity index (χ3n) is 3.66. The predicted molar refractivity (Wildman–Crippen MR) is 104 cm³/mol. The number of nitrogens with zero attached hydrogens (tertiary/aromatic N) is 4. The minimum absolute atomic E-state index is 0.0459. The van der Waals surface area contributed by atoms with Crippen LogP contribution in [0.4, 0.5) is 0 Å². The molecule has 0 atom stereocenters. The highest BCUT2D eigenvalue weighted by Crippen LogP contribution is 2.17. The Balaban J connectivity index is 1.85. The molecule has 3 aromatic rings. The Bertz CT molecular complexity index is 1030. The molecule has 1 amide bonds. The lowest BCUT2D eigenvalue weighted by Gasteiger charge is -2.16. The summed E-state index contributed by atoms with van der Waals surface area (Å²) in [5.41, 5.74) is 0.289. The van der Waals surface area contributed by atoms with E-state index >= 15 is 0 Å². The zero-order valence-electron chi connectivity index (χ0n) is 13.5. The summed E-state index contributed by atoms with van der Waals surface area (Å²) in [5, 5.41) is 1.97. The van der Waals surface area contributed by atoms with Crippen LogP contribution < -0.4 is 5.56 Å². The molecule has 6 nitrogen and oxygen atoms in total. The lowest BCUT2D eigenvalue weighted by molar-refractivity contribution is -0.131. The number of fused-ring (bicyclic) bond motifs is 1. The molecule has 0 aliphatic carbocycles. The van der Waals surface area contributed by atoms with E-state index in [1.54, 1.807) is 33.9 Å². The molecule has 3 rings (SSSR count). The lowest BCUT2D eigenvalue weighted by Crippen LogP contribution is -2.33. The van der Waals surface area contributed by atoms with Crippen LogP contribution in [0.25, 0.3) is 10.3 Å². The molecule has 0 aromatic carbocycles. The molecule has 0 fully saturated rings. The van der Waals surface area contributed by atoms with Gasteiger partial charge in [-0.25, -0.2) is 4.98 Å². The first-order chi connectivity index (χ1) is 12.0. The Hall–Kier alpha value is -2.10. The molecule has 130 valence electrons. The molecule has 0 radical (unpaired) electrons. The van der Waals surface area contributed by atoms with Crippen molar-refractivity contribution in [2.45, 2.75) is 19.6 Å². The molecule has 0 saturated carbocycles. The highest BCUT2D eigenvalue weighted by molar-refractivity contribution is 7.73. The van der Waals surface area contributed by atoms with E-state index in [-0.39, 0.29) is 18.0 Å². The van der Waals surface area contributed by atoms with Crippen molar-refractivity contribution in [3.8, 4) is 0 Å². The Kier molecular flexibility index (Phi) is 5.26. The molecule has 0 unspecified atom stereocenters. The van der Waals surface area contributed by atoms with Crippen molar-refractivity contribution < 1.29 is 4.79 Å². The fraction of sp³-hybridized carbons (Fsp3) is 0.250. The van der Waals surface area contributed by atoms with Gasteiger partial charge >= 0.3 is 0 Å². The lowest BCUT2D eigenvalue weighted by atomic mass is 10.4. The van der Waals surface area contributed by atoms with Crippen molar-refractivity contribution >= 4 is 51.1 Å². The van der Waals surface area contributed by atoms with Crippen LogP contribution in [0, 0.1) is 3.95 Å². The van der Waals surface area contributed by atoms with Crippen LogP contribution in [-0.2, 0) is 24.4 Å². The molecule has 25 heavy (non-hydrogen) atoms. The van der Waals surface area contributed by atoms with Crippen LogP contribution in [0.3, 0.4) is 0 Å².